The summed E-state index contributed by atoms with van der Waals surface area (Å²) >= 11 is 12.3. The van der Waals surface area contributed by atoms with Gasteiger partial charge in [0, 0.05) is 21.3 Å². The molecule has 0 radical (unpaired) electrons. The van der Waals surface area contributed by atoms with Gasteiger partial charge in [0.25, 0.3) is 0 Å². The van der Waals surface area contributed by atoms with Crippen molar-refractivity contribution < 1.29 is 14.3 Å². The van der Waals surface area contributed by atoms with E-state index in [1.165, 1.54) is 6.21 Å². The predicted molar refractivity (Wildman–Crippen MR) is 128 cm³/mol. The van der Waals surface area contributed by atoms with Crippen LogP contribution >= 0.6 is 23.2 Å². The van der Waals surface area contributed by atoms with Crippen molar-refractivity contribution in [3.8, 4) is 5.75 Å². The van der Waals surface area contributed by atoms with Gasteiger partial charge < -0.3 is 10.1 Å². The Kier molecular flexibility index (Phi) is 7.87. The van der Waals surface area contributed by atoms with Gasteiger partial charge in [0.05, 0.1) is 6.21 Å². The van der Waals surface area contributed by atoms with Crippen LogP contribution in [0.3, 0.4) is 0 Å². The van der Waals surface area contributed by atoms with Crippen molar-refractivity contribution in [1.29, 1.82) is 0 Å². The summed E-state index contributed by atoms with van der Waals surface area (Å²) in [6.45, 7) is 4.04. The van der Waals surface area contributed by atoms with Crippen molar-refractivity contribution in [2.45, 2.75) is 20.5 Å². The highest BCUT2D eigenvalue weighted by molar-refractivity contribution is 6.39. The average molecular weight is 470 g/mol. The maximum atomic E-state index is 12.0. The molecule has 3 rings (SSSR count). The van der Waals surface area contributed by atoms with Gasteiger partial charge >= 0.3 is 11.8 Å². The zero-order valence-electron chi connectivity index (χ0n) is 17.5. The molecule has 0 fully saturated rings. The Labute approximate surface area is 196 Å². The molecule has 0 aliphatic rings. The van der Waals surface area contributed by atoms with Gasteiger partial charge in [0.2, 0.25) is 0 Å². The monoisotopic (exact) mass is 469 g/mol. The first-order valence-electron chi connectivity index (χ1n) is 9.71. The summed E-state index contributed by atoms with van der Waals surface area (Å²) < 4.78 is 5.72. The number of aryl methyl sites for hydroxylation is 2. The number of nitrogens with zero attached hydrogens (tertiary/aromatic N) is 1. The SMILES string of the molecule is Cc1ccc(NC(=O)C(=O)N/N=C/c2ccc(OCc3c(Cl)cccc3Cl)cc2)c(C)c1. The lowest BCUT2D eigenvalue weighted by Gasteiger charge is -2.09. The molecule has 3 aromatic carbocycles. The fourth-order valence-corrected chi connectivity index (χ4v) is 3.33. The second kappa shape index (κ2) is 10.8. The number of ether oxygens (including phenoxy) is 1. The zero-order chi connectivity index (χ0) is 23.1. The summed E-state index contributed by atoms with van der Waals surface area (Å²) in [6, 6.07) is 17.8. The standard InChI is InChI=1S/C24H21Cl2N3O3/c1-15-6-11-22(16(2)12-15)28-23(30)24(31)29-27-13-17-7-9-18(10-8-17)32-14-19-20(25)4-3-5-21(19)26/h3-13H,14H2,1-2H3,(H,28,30)(H,29,31)/b27-13+. The number of rotatable bonds is 6. The molecule has 0 unspecified atom stereocenters. The third-order valence-corrected chi connectivity index (χ3v) is 5.25. The summed E-state index contributed by atoms with van der Waals surface area (Å²) in [5.74, 6) is -1.04. The number of hydrogen-bond donors (Lipinski definition) is 2. The molecule has 32 heavy (non-hydrogen) atoms. The van der Waals surface area contributed by atoms with Crippen molar-refractivity contribution >= 4 is 46.9 Å². The molecule has 0 heterocycles. The number of hydrogen-bond acceptors (Lipinski definition) is 4. The second-order valence-electron chi connectivity index (χ2n) is 7.03. The van der Waals surface area contributed by atoms with Crippen LogP contribution < -0.4 is 15.5 Å². The van der Waals surface area contributed by atoms with Gasteiger partial charge in [-0.05, 0) is 67.4 Å². The number of hydrazone groups is 1. The van der Waals surface area contributed by atoms with Crippen molar-refractivity contribution in [2.24, 2.45) is 5.10 Å². The van der Waals surface area contributed by atoms with Crippen LogP contribution in [0.2, 0.25) is 10.0 Å². The number of amides is 2. The van der Waals surface area contributed by atoms with Crippen LogP contribution in [-0.4, -0.2) is 18.0 Å². The summed E-state index contributed by atoms with van der Waals surface area (Å²) in [6.07, 6.45) is 1.43. The molecule has 0 atom stereocenters. The third kappa shape index (κ3) is 6.33. The Hall–Kier alpha value is -3.35. The third-order valence-electron chi connectivity index (χ3n) is 4.54. The van der Waals surface area contributed by atoms with E-state index in [-0.39, 0.29) is 6.61 Å². The topological polar surface area (TPSA) is 79.8 Å². The van der Waals surface area contributed by atoms with E-state index in [1.807, 2.05) is 26.0 Å². The molecule has 2 N–H and O–H groups in total. The van der Waals surface area contributed by atoms with Crippen LogP contribution in [-0.2, 0) is 16.2 Å². The van der Waals surface area contributed by atoms with Crippen molar-refractivity contribution in [1.82, 2.24) is 5.43 Å². The Bertz CT molecular complexity index is 1140. The molecular weight excluding hydrogens is 449 g/mol. The van der Waals surface area contributed by atoms with Crippen molar-refractivity contribution in [3.63, 3.8) is 0 Å². The average Bonchev–Trinajstić information content (AvgIpc) is 2.76. The predicted octanol–water partition coefficient (Wildman–Crippen LogP) is 5.28. The molecule has 0 saturated heterocycles. The van der Waals surface area contributed by atoms with Gasteiger partial charge in [-0.1, -0.05) is 47.0 Å². The first kappa shape index (κ1) is 23.3. The molecule has 8 heteroatoms. The summed E-state index contributed by atoms with van der Waals surface area (Å²) in [5, 5.41) is 7.48. The van der Waals surface area contributed by atoms with E-state index in [0.717, 1.165) is 11.1 Å². The number of halogens is 2. The van der Waals surface area contributed by atoms with Crippen LogP contribution in [0, 0.1) is 13.8 Å². The molecule has 0 aromatic heterocycles. The molecule has 0 aliphatic carbocycles. The molecular formula is C24H21Cl2N3O3. The Morgan fingerprint density at radius 3 is 2.31 bits per heavy atom. The van der Waals surface area contributed by atoms with Crippen LogP contribution in [0.15, 0.2) is 65.8 Å². The Morgan fingerprint density at radius 2 is 1.66 bits per heavy atom. The molecule has 3 aromatic rings. The van der Waals surface area contributed by atoms with E-state index >= 15 is 0 Å². The minimum atomic E-state index is -0.863. The first-order valence-corrected chi connectivity index (χ1v) is 10.5. The van der Waals surface area contributed by atoms with E-state index in [2.05, 4.69) is 15.8 Å². The van der Waals surface area contributed by atoms with Gasteiger partial charge in [0.1, 0.15) is 12.4 Å². The molecule has 164 valence electrons. The van der Waals surface area contributed by atoms with Gasteiger partial charge in [-0.25, -0.2) is 5.43 Å². The maximum Gasteiger partial charge on any atom is 0.329 e. The quantitative estimate of drug-likeness (QED) is 0.292. The fraction of sp³-hybridized carbons (Fsp3) is 0.125. The maximum absolute atomic E-state index is 12.0. The lowest BCUT2D eigenvalue weighted by Crippen LogP contribution is -2.32. The van der Waals surface area contributed by atoms with Gasteiger partial charge in [-0.15, -0.1) is 0 Å². The van der Waals surface area contributed by atoms with Gasteiger partial charge in [-0.3, -0.25) is 9.59 Å². The largest absolute Gasteiger partial charge is 0.489 e. The summed E-state index contributed by atoms with van der Waals surface area (Å²) in [7, 11) is 0. The molecule has 6 nitrogen and oxygen atoms in total. The van der Waals surface area contributed by atoms with Crippen LogP contribution in [0.25, 0.3) is 0 Å². The number of carbonyl (C=O) groups is 2. The molecule has 0 aliphatic heterocycles. The lowest BCUT2D eigenvalue weighted by atomic mass is 10.1. The van der Waals surface area contributed by atoms with Crippen LogP contribution in [0.5, 0.6) is 5.75 Å². The van der Waals surface area contributed by atoms with Crippen LogP contribution in [0.4, 0.5) is 5.69 Å². The fourth-order valence-electron chi connectivity index (χ4n) is 2.82. The molecule has 0 spiro atoms. The lowest BCUT2D eigenvalue weighted by molar-refractivity contribution is -0.136. The van der Waals surface area contributed by atoms with Crippen LogP contribution in [0.1, 0.15) is 22.3 Å². The minimum Gasteiger partial charge on any atom is -0.489 e. The van der Waals surface area contributed by atoms with E-state index < -0.39 is 11.8 Å². The van der Waals surface area contributed by atoms with Crippen molar-refractivity contribution in [3.05, 3.63) is 93.0 Å². The Balaban J connectivity index is 1.51. The molecule has 0 bridgehead atoms. The smallest absolute Gasteiger partial charge is 0.329 e. The first-order chi connectivity index (χ1) is 15.3. The van der Waals surface area contributed by atoms with E-state index in [1.54, 1.807) is 48.5 Å². The van der Waals surface area contributed by atoms with Crippen molar-refractivity contribution in [2.75, 3.05) is 5.32 Å². The number of nitrogens with one attached hydrogen (secondary N) is 2. The number of benzene rings is 3. The Morgan fingerprint density at radius 1 is 0.969 bits per heavy atom. The van der Waals surface area contributed by atoms with E-state index in [0.29, 0.717) is 32.6 Å². The molecule has 2 amide bonds. The second-order valence-corrected chi connectivity index (χ2v) is 7.84. The van der Waals surface area contributed by atoms with E-state index in [4.69, 9.17) is 27.9 Å². The minimum absolute atomic E-state index is 0.234. The van der Waals surface area contributed by atoms with Gasteiger partial charge in [0.15, 0.2) is 0 Å². The highest BCUT2D eigenvalue weighted by atomic mass is 35.5. The van der Waals surface area contributed by atoms with E-state index in [9.17, 15) is 9.59 Å². The summed E-state index contributed by atoms with van der Waals surface area (Å²) in [4.78, 5) is 24.0. The normalized spacial score (nSPS) is 10.8. The number of anilines is 1. The highest BCUT2D eigenvalue weighted by Gasteiger charge is 2.14. The molecule has 0 saturated carbocycles. The van der Waals surface area contributed by atoms with Gasteiger partial charge in [-0.2, -0.15) is 5.10 Å². The number of carbonyl (C=O) groups excluding carboxylic acids is 2. The highest BCUT2D eigenvalue weighted by Crippen LogP contribution is 2.26. The zero-order valence-corrected chi connectivity index (χ0v) is 19.0. The summed E-state index contributed by atoms with van der Waals surface area (Å²) in [5.41, 5.74) is 6.15.